The van der Waals surface area contributed by atoms with Crippen LogP contribution in [0.25, 0.3) is 11.1 Å². The molecule has 0 saturated carbocycles. The molecule has 0 fully saturated rings. The van der Waals surface area contributed by atoms with E-state index >= 15 is 0 Å². The van der Waals surface area contributed by atoms with E-state index in [4.69, 9.17) is 4.74 Å². The van der Waals surface area contributed by atoms with Crippen molar-refractivity contribution in [3.63, 3.8) is 0 Å². The summed E-state index contributed by atoms with van der Waals surface area (Å²) in [7, 11) is 0. The van der Waals surface area contributed by atoms with E-state index < -0.39 is 5.97 Å². The lowest BCUT2D eigenvalue weighted by atomic mass is 9.87. The van der Waals surface area contributed by atoms with Crippen molar-refractivity contribution in [1.29, 1.82) is 0 Å². The highest BCUT2D eigenvalue weighted by Gasteiger charge is 2.16. The molecule has 28 heavy (non-hydrogen) atoms. The standard InChI is InChI=1S/C25H24O3/c1-25(2,3)22-15-13-21(14-16-22)24(27)28-17-23(26)20-11-9-19(10-12-20)18-7-5-4-6-8-18/h4-16H,17H2,1-3H3. The zero-order valence-corrected chi connectivity index (χ0v) is 16.4. The van der Waals surface area contributed by atoms with Crippen LogP contribution in [-0.4, -0.2) is 18.4 Å². The summed E-state index contributed by atoms with van der Waals surface area (Å²) in [5, 5.41) is 0. The smallest absolute Gasteiger partial charge is 0.338 e. The molecule has 0 radical (unpaired) electrons. The minimum atomic E-state index is -0.491. The van der Waals surface area contributed by atoms with Gasteiger partial charge in [-0.05, 0) is 34.2 Å². The predicted octanol–water partition coefficient (Wildman–Crippen LogP) is 5.69. The Bertz CT molecular complexity index is 947. The maximum absolute atomic E-state index is 12.3. The first kappa shape index (κ1) is 19.6. The third kappa shape index (κ3) is 4.74. The quantitative estimate of drug-likeness (QED) is 0.427. The number of ketones is 1. The first-order valence-electron chi connectivity index (χ1n) is 9.31. The molecule has 0 heterocycles. The van der Waals surface area contributed by atoms with Gasteiger partial charge in [0.1, 0.15) is 0 Å². The maximum atomic E-state index is 12.3. The van der Waals surface area contributed by atoms with Crippen molar-refractivity contribution < 1.29 is 14.3 Å². The number of Topliss-reactive ketones (excluding diaryl/α,β-unsaturated/α-hetero) is 1. The zero-order chi connectivity index (χ0) is 20.1. The summed E-state index contributed by atoms with van der Waals surface area (Å²) in [5.74, 6) is -0.714. The van der Waals surface area contributed by atoms with Gasteiger partial charge in [-0.2, -0.15) is 0 Å². The molecule has 3 aromatic carbocycles. The molecule has 0 saturated heterocycles. The molecule has 0 aliphatic heterocycles. The van der Waals surface area contributed by atoms with E-state index in [1.54, 1.807) is 24.3 Å². The van der Waals surface area contributed by atoms with E-state index in [9.17, 15) is 9.59 Å². The zero-order valence-electron chi connectivity index (χ0n) is 16.4. The molecule has 0 unspecified atom stereocenters. The number of hydrogen-bond acceptors (Lipinski definition) is 3. The van der Waals surface area contributed by atoms with Crippen LogP contribution in [0.2, 0.25) is 0 Å². The maximum Gasteiger partial charge on any atom is 0.338 e. The van der Waals surface area contributed by atoms with E-state index in [1.165, 1.54) is 0 Å². The van der Waals surface area contributed by atoms with Crippen molar-refractivity contribution in [2.45, 2.75) is 26.2 Å². The molecule has 142 valence electrons. The Balaban J connectivity index is 1.60. The number of rotatable bonds is 5. The van der Waals surface area contributed by atoms with Crippen LogP contribution in [0.1, 0.15) is 47.1 Å². The van der Waals surface area contributed by atoms with Gasteiger partial charge in [-0.25, -0.2) is 4.79 Å². The van der Waals surface area contributed by atoms with E-state index in [0.717, 1.165) is 16.7 Å². The topological polar surface area (TPSA) is 43.4 Å². The molecule has 3 aromatic rings. The normalized spacial score (nSPS) is 11.1. The molecule has 3 rings (SSSR count). The second kappa shape index (κ2) is 8.22. The summed E-state index contributed by atoms with van der Waals surface area (Å²) in [5.41, 5.74) is 4.25. The lowest BCUT2D eigenvalue weighted by Crippen LogP contribution is -2.15. The van der Waals surface area contributed by atoms with Gasteiger partial charge in [0, 0.05) is 5.56 Å². The number of benzene rings is 3. The Kier molecular flexibility index (Phi) is 5.74. The molecule has 0 aliphatic rings. The highest BCUT2D eigenvalue weighted by Crippen LogP contribution is 2.22. The fourth-order valence-electron chi connectivity index (χ4n) is 2.88. The second-order valence-electron chi connectivity index (χ2n) is 7.77. The van der Waals surface area contributed by atoms with Crippen molar-refractivity contribution in [3.8, 4) is 11.1 Å². The largest absolute Gasteiger partial charge is 0.454 e. The number of esters is 1. The third-order valence-corrected chi connectivity index (χ3v) is 4.63. The molecule has 0 aromatic heterocycles. The van der Waals surface area contributed by atoms with E-state index in [2.05, 4.69) is 20.8 Å². The van der Waals surface area contributed by atoms with Gasteiger partial charge in [-0.15, -0.1) is 0 Å². The molecule has 0 atom stereocenters. The lowest BCUT2D eigenvalue weighted by molar-refractivity contribution is 0.0474. The lowest BCUT2D eigenvalue weighted by Gasteiger charge is -2.18. The summed E-state index contributed by atoms with van der Waals surface area (Å²) in [6.07, 6.45) is 0. The van der Waals surface area contributed by atoms with Crippen molar-refractivity contribution in [3.05, 3.63) is 95.6 Å². The molecule has 3 heteroatoms. The number of ether oxygens (including phenoxy) is 1. The van der Waals surface area contributed by atoms with Gasteiger partial charge in [-0.1, -0.05) is 87.5 Å². The monoisotopic (exact) mass is 372 g/mol. The Morgan fingerprint density at radius 1 is 0.714 bits per heavy atom. The van der Waals surface area contributed by atoms with Gasteiger partial charge in [0.05, 0.1) is 5.56 Å². The van der Waals surface area contributed by atoms with Gasteiger partial charge in [-0.3, -0.25) is 4.79 Å². The third-order valence-electron chi connectivity index (χ3n) is 4.63. The first-order valence-corrected chi connectivity index (χ1v) is 9.31. The highest BCUT2D eigenvalue weighted by molar-refractivity contribution is 5.99. The Morgan fingerprint density at radius 3 is 1.82 bits per heavy atom. The van der Waals surface area contributed by atoms with Gasteiger partial charge < -0.3 is 4.74 Å². The second-order valence-corrected chi connectivity index (χ2v) is 7.77. The van der Waals surface area contributed by atoms with Crippen LogP contribution in [-0.2, 0) is 10.2 Å². The summed E-state index contributed by atoms with van der Waals surface area (Å²) in [6.45, 7) is 6.07. The van der Waals surface area contributed by atoms with Crippen LogP contribution in [0.4, 0.5) is 0 Å². The molecular formula is C25H24O3. The Morgan fingerprint density at radius 2 is 1.25 bits per heavy atom. The van der Waals surface area contributed by atoms with Crippen LogP contribution in [0.3, 0.4) is 0 Å². The summed E-state index contributed by atoms with van der Waals surface area (Å²) < 4.78 is 5.20. The van der Waals surface area contributed by atoms with Crippen LogP contribution >= 0.6 is 0 Å². The fraction of sp³-hybridized carbons (Fsp3) is 0.200. The van der Waals surface area contributed by atoms with Crippen LogP contribution < -0.4 is 0 Å². The predicted molar refractivity (Wildman–Crippen MR) is 112 cm³/mol. The number of carbonyl (C=O) groups excluding carboxylic acids is 2. The molecule has 0 spiro atoms. The Labute approximate surface area is 166 Å². The molecule has 0 bridgehead atoms. The SMILES string of the molecule is CC(C)(C)c1ccc(C(=O)OCC(=O)c2ccc(-c3ccccc3)cc2)cc1. The minimum Gasteiger partial charge on any atom is -0.454 e. The van der Waals surface area contributed by atoms with Crippen LogP contribution in [0.15, 0.2) is 78.9 Å². The molecular weight excluding hydrogens is 348 g/mol. The van der Waals surface area contributed by atoms with Crippen LogP contribution in [0, 0.1) is 0 Å². The average molecular weight is 372 g/mol. The van der Waals surface area contributed by atoms with E-state index in [0.29, 0.717) is 11.1 Å². The van der Waals surface area contributed by atoms with Crippen molar-refractivity contribution in [2.75, 3.05) is 6.61 Å². The van der Waals surface area contributed by atoms with Crippen molar-refractivity contribution >= 4 is 11.8 Å². The average Bonchev–Trinajstić information content (AvgIpc) is 2.72. The summed E-state index contributed by atoms with van der Waals surface area (Å²) in [4.78, 5) is 24.5. The summed E-state index contributed by atoms with van der Waals surface area (Å²) >= 11 is 0. The molecule has 0 aliphatic carbocycles. The molecule has 3 nitrogen and oxygen atoms in total. The van der Waals surface area contributed by atoms with Gasteiger partial charge in [0.25, 0.3) is 0 Å². The van der Waals surface area contributed by atoms with Gasteiger partial charge >= 0.3 is 5.97 Å². The van der Waals surface area contributed by atoms with Crippen molar-refractivity contribution in [1.82, 2.24) is 0 Å². The van der Waals surface area contributed by atoms with Gasteiger partial charge in [0.15, 0.2) is 12.4 Å². The van der Waals surface area contributed by atoms with E-state index in [1.807, 2.05) is 54.6 Å². The molecule has 0 N–H and O–H groups in total. The van der Waals surface area contributed by atoms with Crippen LogP contribution in [0.5, 0.6) is 0 Å². The van der Waals surface area contributed by atoms with Gasteiger partial charge in [0.2, 0.25) is 0 Å². The van der Waals surface area contributed by atoms with Crippen molar-refractivity contribution in [2.24, 2.45) is 0 Å². The molecule has 0 amide bonds. The first-order chi connectivity index (χ1) is 13.3. The Hall–Kier alpha value is -3.20. The minimum absolute atomic E-state index is 0.0182. The number of carbonyl (C=O) groups is 2. The summed E-state index contributed by atoms with van der Waals surface area (Å²) in [6, 6.07) is 24.6. The highest BCUT2D eigenvalue weighted by atomic mass is 16.5. The number of hydrogen-bond donors (Lipinski definition) is 0. The fourth-order valence-corrected chi connectivity index (χ4v) is 2.88. The van der Waals surface area contributed by atoms with E-state index in [-0.39, 0.29) is 17.8 Å².